The third-order valence-electron chi connectivity index (χ3n) is 10.0. The van der Waals surface area contributed by atoms with E-state index in [0.717, 1.165) is 30.6 Å². The van der Waals surface area contributed by atoms with Crippen molar-refractivity contribution in [3.05, 3.63) is 144 Å². The summed E-state index contributed by atoms with van der Waals surface area (Å²) < 4.78 is 0. The Balaban J connectivity index is 1.54. The van der Waals surface area contributed by atoms with Gasteiger partial charge in [0.05, 0.1) is 0 Å². The Morgan fingerprint density at radius 1 is 0.458 bits per heavy atom. The lowest BCUT2D eigenvalue weighted by Crippen LogP contribution is -2.16. The first-order valence-electron chi connectivity index (χ1n) is 18.3. The van der Waals surface area contributed by atoms with Gasteiger partial charge in [0.1, 0.15) is 0 Å². The molecule has 0 unspecified atom stereocenters. The van der Waals surface area contributed by atoms with Crippen molar-refractivity contribution in [1.82, 2.24) is 0 Å². The number of rotatable bonds is 15. The summed E-state index contributed by atoms with van der Waals surface area (Å²) in [6.45, 7) is 15.9. The first-order valence-corrected chi connectivity index (χ1v) is 18.3. The Morgan fingerprint density at radius 2 is 0.771 bits per heavy atom. The zero-order valence-corrected chi connectivity index (χ0v) is 30.5. The molecule has 0 atom stereocenters. The topological polar surface area (TPSA) is 6.48 Å². The van der Waals surface area contributed by atoms with Crippen LogP contribution in [0, 0.1) is 0 Å². The molecule has 0 saturated carbocycles. The Labute approximate surface area is 291 Å². The second kappa shape index (κ2) is 16.2. The first-order chi connectivity index (χ1) is 23.2. The Morgan fingerprint density at radius 3 is 1.08 bits per heavy atom. The number of unbranched alkanes of at least 4 members (excludes halogenated alkanes) is 2. The van der Waals surface area contributed by atoms with Gasteiger partial charge in [0.15, 0.2) is 0 Å². The van der Waals surface area contributed by atoms with Crippen LogP contribution >= 0.6 is 0 Å². The summed E-state index contributed by atoms with van der Waals surface area (Å²) in [5.41, 5.74) is 12.7. The molecule has 2 heteroatoms. The molecule has 0 radical (unpaired) electrons. The molecule has 2 nitrogen and oxygen atoms in total. The maximum Gasteiger partial charge on any atom is 0.0463 e. The second-order valence-electron chi connectivity index (χ2n) is 14.3. The van der Waals surface area contributed by atoms with Crippen molar-refractivity contribution in [2.75, 3.05) is 9.80 Å². The van der Waals surface area contributed by atoms with Gasteiger partial charge >= 0.3 is 0 Å². The summed E-state index contributed by atoms with van der Waals surface area (Å²) in [6.07, 6.45) is 8.22. The van der Waals surface area contributed by atoms with Crippen LogP contribution in [0.15, 0.2) is 121 Å². The van der Waals surface area contributed by atoms with Gasteiger partial charge in [-0.3, -0.25) is 0 Å². The highest BCUT2D eigenvalue weighted by molar-refractivity contribution is 5.81. The lowest BCUT2D eigenvalue weighted by molar-refractivity contribution is 0.506. The maximum absolute atomic E-state index is 2.39. The molecule has 0 aliphatic carbocycles. The summed E-state index contributed by atoms with van der Waals surface area (Å²) in [5, 5.41) is 0. The quantitative estimate of drug-likeness (QED) is 0.113. The van der Waals surface area contributed by atoms with Crippen molar-refractivity contribution in [3.63, 3.8) is 0 Å². The smallest absolute Gasteiger partial charge is 0.0463 e. The number of hydrogen-bond donors (Lipinski definition) is 0. The molecular formula is C46H56N2. The highest BCUT2D eigenvalue weighted by Crippen LogP contribution is 2.40. The van der Waals surface area contributed by atoms with E-state index in [1.807, 2.05) is 0 Å². The predicted octanol–water partition coefficient (Wildman–Crippen LogP) is 14.1. The van der Waals surface area contributed by atoms with Gasteiger partial charge in [-0.15, -0.1) is 0 Å². The molecule has 0 fully saturated rings. The minimum absolute atomic E-state index is 0.150. The summed E-state index contributed by atoms with van der Waals surface area (Å²) in [6, 6.07) is 45.7. The van der Waals surface area contributed by atoms with Gasteiger partial charge in [-0.1, -0.05) is 110 Å². The van der Waals surface area contributed by atoms with Crippen LogP contribution in [-0.4, -0.2) is 0 Å². The van der Waals surface area contributed by atoms with Gasteiger partial charge in [0, 0.05) is 34.1 Å². The molecular weight excluding hydrogens is 581 g/mol. The standard InChI is InChI=1S/C46H56N2/c1-8-11-13-36-15-23-40(24-16-36)47(42-27-19-38(20-28-42)35(4)5)44-31-33-45(34-32-44)48(41-25-17-37(18-26-41)14-12-9-2)43-29-21-39(22-30-43)46(6,7)10-3/h15-35H,8-14H2,1-7H3. The molecule has 5 rings (SSSR count). The zero-order valence-electron chi connectivity index (χ0n) is 30.5. The van der Waals surface area contributed by atoms with Gasteiger partial charge < -0.3 is 9.80 Å². The van der Waals surface area contributed by atoms with Gasteiger partial charge in [-0.25, -0.2) is 0 Å². The fourth-order valence-electron chi connectivity index (χ4n) is 6.30. The average molecular weight is 637 g/mol. The SMILES string of the molecule is CCCCc1ccc(N(c2ccc(C(C)C)cc2)c2ccc(N(c3ccc(CCCC)cc3)c3ccc(C(C)(C)CC)cc3)cc2)cc1. The number of benzene rings is 5. The van der Waals surface area contributed by atoms with Crippen molar-refractivity contribution >= 4 is 34.1 Å². The fourth-order valence-corrected chi connectivity index (χ4v) is 6.30. The molecule has 0 aromatic heterocycles. The second-order valence-corrected chi connectivity index (χ2v) is 14.3. The van der Waals surface area contributed by atoms with E-state index in [1.165, 1.54) is 70.7 Å². The van der Waals surface area contributed by atoms with Crippen molar-refractivity contribution < 1.29 is 0 Å². The van der Waals surface area contributed by atoms with E-state index in [4.69, 9.17) is 0 Å². The lowest BCUT2D eigenvalue weighted by Gasteiger charge is -2.29. The molecule has 0 spiro atoms. The van der Waals surface area contributed by atoms with E-state index >= 15 is 0 Å². The molecule has 0 amide bonds. The molecule has 0 heterocycles. The van der Waals surface area contributed by atoms with E-state index in [1.54, 1.807) is 0 Å². The van der Waals surface area contributed by atoms with E-state index in [9.17, 15) is 0 Å². The molecule has 48 heavy (non-hydrogen) atoms. The van der Waals surface area contributed by atoms with Crippen LogP contribution in [0.2, 0.25) is 0 Å². The third kappa shape index (κ3) is 8.40. The molecule has 0 saturated heterocycles. The number of nitrogens with zero attached hydrogens (tertiary/aromatic N) is 2. The van der Waals surface area contributed by atoms with Crippen LogP contribution in [0.3, 0.4) is 0 Å². The highest BCUT2D eigenvalue weighted by atomic mass is 15.2. The molecule has 5 aromatic rings. The predicted molar refractivity (Wildman–Crippen MR) is 210 cm³/mol. The first kappa shape index (κ1) is 35.0. The van der Waals surface area contributed by atoms with E-state index < -0.39 is 0 Å². The van der Waals surface area contributed by atoms with E-state index in [2.05, 4.69) is 180 Å². The molecule has 0 bridgehead atoms. The van der Waals surface area contributed by atoms with Crippen LogP contribution in [0.4, 0.5) is 34.1 Å². The normalized spacial score (nSPS) is 11.6. The Kier molecular flexibility index (Phi) is 11.8. The Hall–Kier alpha value is -4.30. The fraction of sp³-hybridized carbons (Fsp3) is 0.348. The van der Waals surface area contributed by atoms with Crippen molar-refractivity contribution in [2.45, 2.75) is 105 Å². The van der Waals surface area contributed by atoms with Crippen LogP contribution in [0.1, 0.15) is 109 Å². The highest BCUT2D eigenvalue weighted by Gasteiger charge is 2.20. The van der Waals surface area contributed by atoms with Crippen LogP contribution < -0.4 is 9.80 Å². The minimum Gasteiger partial charge on any atom is -0.311 e. The van der Waals surface area contributed by atoms with Gasteiger partial charge in [0.25, 0.3) is 0 Å². The summed E-state index contributed by atoms with van der Waals surface area (Å²) >= 11 is 0. The van der Waals surface area contributed by atoms with Crippen LogP contribution in [-0.2, 0) is 18.3 Å². The average Bonchev–Trinajstić information content (AvgIpc) is 3.12. The van der Waals surface area contributed by atoms with Crippen molar-refractivity contribution in [2.24, 2.45) is 0 Å². The molecule has 250 valence electrons. The molecule has 0 aliphatic rings. The van der Waals surface area contributed by atoms with E-state index in [0.29, 0.717) is 5.92 Å². The van der Waals surface area contributed by atoms with Crippen LogP contribution in [0.5, 0.6) is 0 Å². The number of hydrogen-bond acceptors (Lipinski definition) is 2. The van der Waals surface area contributed by atoms with Gasteiger partial charge in [-0.2, -0.15) is 0 Å². The number of aryl methyl sites for hydroxylation is 2. The third-order valence-corrected chi connectivity index (χ3v) is 10.0. The summed E-state index contributed by atoms with van der Waals surface area (Å²) in [5.74, 6) is 0.499. The molecule has 0 N–H and O–H groups in total. The summed E-state index contributed by atoms with van der Waals surface area (Å²) in [7, 11) is 0. The van der Waals surface area contributed by atoms with E-state index in [-0.39, 0.29) is 5.41 Å². The minimum atomic E-state index is 0.150. The zero-order chi connectivity index (χ0) is 34.1. The van der Waals surface area contributed by atoms with Crippen molar-refractivity contribution in [1.29, 1.82) is 0 Å². The van der Waals surface area contributed by atoms with Gasteiger partial charge in [-0.05, 0) is 138 Å². The van der Waals surface area contributed by atoms with Gasteiger partial charge in [0.2, 0.25) is 0 Å². The lowest BCUT2D eigenvalue weighted by atomic mass is 9.82. The number of anilines is 6. The van der Waals surface area contributed by atoms with Crippen molar-refractivity contribution in [3.8, 4) is 0 Å². The van der Waals surface area contributed by atoms with Crippen LogP contribution in [0.25, 0.3) is 0 Å². The monoisotopic (exact) mass is 636 g/mol. The Bertz CT molecular complexity index is 1680. The summed E-state index contributed by atoms with van der Waals surface area (Å²) in [4.78, 5) is 4.77. The molecule has 0 aliphatic heterocycles. The maximum atomic E-state index is 2.39. The largest absolute Gasteiger partial charge is 0.311 e. The molecule has 5 aromatic carbocycles.